The Kier molecular flexibility index (Phi) is 4.49. The highest BCUT2D eigenvalue weighted by Gasteiger charge is 2.13. The van der Waals surface area contributed by atoms with Crippen molar-refractivity contribution >= 4 is 17.5 Å². The predicted molar refractivity (Wildman–Crippen MR) is 70.5 cm³/mol. The van der Waals surface area contributed by atoms with E-state index in [0.717, 1.165) is 11.8 Å². The Morgan fingerprint density at radius 2 is 2.00 bits per heavy atom. The number of rotatable bonds is 4. The minimum absolute atomic E-state index is 0.233. The molecule has 0 fully saturated rings. The topological polar surface area (TPSA) is 71.3 Å². The van der Waals surface area contributed by atoms with E-state index in [4.69, 9.17) is 4.42 Å². The first kappa shape index (κ1) is 13.8. The monoisotopic (exact) mass is 276 g/mol. The van der Waals surface area contributed by atoms with Crippen LogP contribution in [-0.2, 0) is 16.0 Å². The molecule has 2 N–H and O–H groups in total. The van der Waals surface area contributed by atoms with Gasteiger partial charge in [-0.15, -0.1) is 0 Å². The minimum atomic E-state index is -0.838. The zero-order valence-electron chi connectivity index (χ0n) is 10.6. The second-order valence-corrected chi connectivity index (χ2v) is 4.05. The van der Waals surface area contributed by atoms with Crippen molar-refractivity contribution in [2.75, 3.05) is 11.9 Å². The number of hydrogen-bond acceptors (Lipinski definition) is 3. The summed E-state index contributed by atoms with van der Waals surface area (Å²) in [6.45, 7) is 0.281. The van der Waals surface area contributed by atoms with E-state index in [1.165, 1.54) is 24.5 Å². The Bertz CT molecular complexity index is 596. The van der Waals surface area contributed by atoms with Gasteiger partial charge in [0, 0.05) is 18.7 Å². The Hall–Kier alpha value is -2.63. The number of amides is 2. The van der Waals surface area contributed by atoms with Gasteiger partial charge < -0.3 is 15.1 Å². The van der Waals surface area contributed by atoms with Gasteiger partial charge in [-0.05, 0) is 30.3 Å². The van der Waals surface area contributed by atoms with Gasteiger partial charge in [-0.2, -0.15) is 0 Å². The lowest BCUT2D eigenvalue weighted by Crippen LogP contribution is -2.36. The maximum atomic E-state index is 12.9. The lowest BCUT2D eigenvalue weighted by molar-refractivity contribution is -0.136. The zero-order chi connectivity index (χ0) is 14.4. The highest BCUT2D eigenvalue weighted by atomic mass is 19.1. The highest BCUT2D eigenvalue weighted by Crippen LogP contribution is 2.08. The van der Waals surface area contributed by atoms with Crippen molar-refractivity contribution < 1.29 is 18.4 Å². The van der Waals surface area contributed by atoms with E-state index >= 15 is 0 Å². The van der Waals surface area contributed by atoms with Gasteiger partial charge in [0.25, 0.3) is 0 Å². The molecule has 0 aliphatic carbocycles. The molecule has 0 atom stereocenters. The summed E-state index contributed by atoms with van der Waals surface area (Å²) in [5.74, 6) is -1.38. The molecular formula is C14H13FN2O3. The SMILES string of the molecule is O=C(NCCc1ccco1)C(=O)Nc1cccc(F)c1. The van der Waals surface area contributed by atoms with Gasteiger partial charge in [-0.1, -0.05) is 6.07 Å². The van der Waals surface area contributed by atoms with Crippen LogP contribution in [0, 0.1) is 5.82 Å². The Labute approximate surface area is 114 Å². The summed E-state index contributed by atoms with van der Waals surface area (Å²) in [4.78, 5) is 23.1. The van der Waals surface area contributed by atoms with Gasteiger partial charge in [0.15, 0.2) is 0 Å². The molecule has 0 aliphatic heterocycles. The van der Waals surface area contributed by atoms with E-state index in [0.29, 0.717) is 6.42 Å². The van der Waals surface area contributed by atoms with Gasteiger partial charge >= 0.3 is 11.8 Å². The van der Waals surface area contributed by atoms with Crippen LogP contribution < -0.4 is 10.6 Å². The van der Waals surface area contributed by atoms with Crippen LogP contribution in [-0.4, -0.2) is 18.4 Å². The number of hydrogen-bond donors (Lipinski definition) is 2. The first-order valence-corrected chi connectivity index (χ1v) is 6.02. The van der Waals surface area contributed by atoms with Crippen molar-refractivity contribution in [1.82, 2.24) is 5.32 Å². The molecule has 0 saturated carbocycles. The average molecular weight is 276 g/mol. The summed E-state index contributed by atoms with van der Waals surface area (Å²) in [5.41, 5.74) is 0.233. The van der Waals surface area contributed by atoms with Crippen LogP contribution in [0.2, 0.25) is 0 Å². The van der Waals surface area contributed by atoms with Crippen LogP contribution in [0.25, 0.3) is 0 Å². The zero-order valence-corrected chi connectivity index (χ0v) is 10.6. The molecule has 2 rings (SSSR count). The van der Waals surface area contributed by atoms with Gasteiger partial charge in [0.05, 0.1) is 6.26 Å². The lowest BCUT2D eigenvalue weighted by Gasteiger charge is -2.05. The van der Waals surface area contributed by atoms with Gasteiger partial charge in [-0.25, -0.2) is 4.39 Å². The molecule has 0 bridgehead atoms. The first-order valence-electron chi connectivity index (χ1n) is 6.02. The lowest BCUT2D eigenvalue weighted by atomic mass is 10.3. The number of benzene rings is 1. The van der Waals surface area contributed by atoms with Crippen molar-refractivity contribution in [1.29, 1.82) is 0 Å². The molecule has 0 unspecified atom stereocenters. The molecular weight excluding hydrogens is 263 g/mol. The predicted octanol–water partition coefficient (Wildman–Crippen LogP) is 1.72. The standard InChI is InChI=1S/C14H13FN2O3/c15-10-3-1-4-11(9-10)17-14(19)13(18)16-7-6-12-5-2-8-20-12/h1-5,8-9H,6-7H2,(H,16,18)(H,17,19). The third kappa shape index (κ3) is 3.94. The second kappa shape index (κ2) is 6.51. The number of nitrogens with one attached hydrogen (secondary N) is 2. The molecule has 2 amide bonds. The molecule has 0 aliphatic rings. The van der Waals surface area contributed by atoms with E-state index in [-0.39, 0.29) is 12.2 Å². The molecule has 2 aromatic rings. The van der Waals surface area contributed by atoms with Gasteiger partial charge in [0.1, 0.15) is 11.6 Å². The van der Waals surface area contributed by atoms with E-state index in [2.05, 4.69) is 10.6 Å². The molecule has 6 heteroatoms. The Morgan fingerprint density at radius 3 is 2.70 bits per heavy atom. The molecule has 20 heavy (non-hydrogen) atoms. The molecule has 0 radical (unpaired) electrons. The van der Waals surface area contributed by atoms with E-state index in [1.54, 1.807) is 12.1 Å². The van der Waals surface area contributed by atoms with Crippen LogP contribution in [0.5, 0.6) is 0 Å². The van der Waals surface area contributed by atoms with Crippen molar-refractivity contribution in [3.8, 4) is 0 Å². The molecule has 104 valence electrons. The van der Waals surface area contributed by atoms with Gasteiger partial charge in [0.2, 0.25) is 0 Å². The summed E-state index contributed by atoms with van der Waals surface area (Å²) in [6, 6.07) is 8.84. The molecule has 5 nitrogen and oxygen atoms in total. The summed E-state index contributed by atoms with van der Waals surface area (Å²) in [5, 5.41) is 4.76. The molecule has 0 saturated heterocycles. The summed E-state index contributed by atoms with van der Waals surface area (Å²) < 4.78 is 18.0. The fraction of sp³-hybridized carbons (Fsp3) is 0.143. The van der Waals surface area contributed by atoms with Crippen LogP contribution in [0.1, 0.15) is 5.76 Å². The summed E-state index contributed by atoms with van der Waals surface area (Å²) >= 11 is 0. The molecule has 1 heterocycles. The Balaban J connectivity index is 1.78. The maximum Gasteiger partial charge on any atom is 0.313 e. The van der Waals surface area contributed by atoms with Crippen LogP contribution in [0.3, 0.4) is 0 Å². The fourth-order valence-electron chi connectivity index (χ4n) is 1.59. The number of carbonyl (C=O) groups excluding carboxylic acids is 2. The van der Waals surface area contributed by atoms with E-state index in [1.807, 2.05) is 0 Å². The number of anilines is 1. The molecule has 1 aromatic carbocycles. The normalized spacial score (nSPS) is 10.1. The van der Waals surface area contributed by atoms with Crippen LogP contribution in [0.15, 0.2) is 47.1 Å². The Morgan fingerprint density at radius 1 is 1.15 bits per heavy atom. The highest BCUT2D eigenvalue weighted by molar-refractivity contribution is 6.39. The number of furan rings is 1. The van der Waals surface area contributed by atoms with Crippen molar-refractivity contribution in [3.63, 3.8) is 0 Å². The second-order valence-electron chi connectivity index (χ2n) is 4.05. The summed E-state index contributed by atoms with van der Waals surface area (Å²) in [7, 11) is 0. The molecule has 0 spiro atoms. The third-order valence-electron chi connectivity index (χ3n) is 2.53. The third-order valence-corrected chi connectivity index (χ3v) is 2.53. The van der Waals surface area contributed by atoms with Crippen LogP contribution >= 0.6 is 0 Å². The van der Waals surface area contributed by atoms with Crippen molar-refractivity contribution in [2.24, 2.45) is 0 Å². The van der Waals surface area contributed by atoms with Gasteiger partial charge in [-0.3, -0.25) is 9.59 Å². The molecule has 1 aromatic heterocycles. The average Bonchev–Trinajstić information content (AvgIpc) is 2.91. The van der Waals surface area contributed by atoms with E-state index < -0.39 is 17.6 Å². The minimum Gasteiger partial charge on any atom is -0.469 e. The largest absolute Gasteiger partial charge is 0.469 e. The van der Waals surface area contributed by atoms with Crippen molar-refractivity contribution in [2.45, 2.75) is 6.42 Å². The first-order chi connectivity index (χ1) is 9.65. The van der Waals surface area contributed by atoms with E-state index in [9.17, 15) is 14.0 Å². The van der Waals surface area contributed by atoms with Crippen molar-refractivity contribution in [3.05, 3.63) is 54.2 Å². The number of carbonyl (C=O) groups is 2. The van der Waals surface area contributed by atoms with Crippen LogP contribution in [0.4, 0.5) is 10.1 Å². The fourth-order valence-corrected chi connectivity index (χ4v) is 1.59. The smallest absolute Gasteiger partial charge is 0.313 e. The number of halogens is 1. The maximum absolute atomic E-state index is 12.9. The summed E-state index contributed by atoms with van der Waals surface area (Å²) in [6.07, 6.45) is 2.03. The quantitative estimate of drug-likeness (QED) is 0.835.